The molecule has 2 fully saturated rings. The van der Waals surface area contributed by atoms with Crippen molar-refractivity contribution in [3.05, 3.63) is 65.0 Å². The maximum absolute atomic E-state index is 13.7. The fourth-order valence-corrected chi connectivity index (χ4v) is 6.37. The molecule has 0 radical (unpaired) electrons. The Bertz CT molecular complexity index is 1310. The maximum Gasteiger partial charge on any atom is 0.263 e. The molecule has 0 unspecified atom stereocenters. The summed E-state index contributed by atoms with van der Waals surface area (Å²) >= 11 is 0. The number of benzene rings is 2. The van der Waals surface area contributed by atoms with Crippen molar-refractivity contribution < 1.29 is 23.6 Å². The van der Waals surface area contributed by atoms with E-state index < -0.39 is 17.6 Å². The van der Waals surface area contributed by atoms with Crippen LogP contribution in [-0.4, -0.2) is 77.6 Å². The predicted octanol–water partition coefficient (Wildman–Crippen LogP) is 3.95. The van der Waals surface area contributed by atoms with Gasteiger partial charge in [0.1, 0.15) is 5.82 Å². The number of hydrogen-bond donors (Lipinski definition) is 0. The molecule has 0 spiro atoms. The number of amides is 4. The molecule has 2 saturated heterocycles. The highest BCUT2D eigenvalue weighted by Crippen LogP contribution is 2.35. The number of carbonyl (C=O) groups is 4. The minimum Gasteiger partial charge on any atom is -0.370 e. The number of nitrogens with zero attached hydrogens (tertiary/aromatic N) is 4. The quantitative estimate of drug-likeness (QED) is 0.490. The molecule has 3 aliphatic heterocycles. The van der Waals surface area contributed by atoms with Gasteiger partial charge in [0.25, 0.3) is 11.8 Å². The Morgan fingerprint density at radius 1 is 0.925 bits per heavy atom. The molecule has 4 amide bonds. The zero-order valence-electron chi connectivity index (χ0n) is 23.3. The Hall–Kier alpha value is -3.75. The number of hydrogen-bond acceptors (Lipinski definition) is 5. The van der Waals surface area contributed by atoms with E-state index in [1.165, 1.54) is 12.1 Å². The first-order chi connectivity index (χ1) is 19.3. The zero-order chi connectivity index (χ0) is 28.4. The van der Waals surface area contributed by atoms with E-state index in [-0.39, 0.29) is 30.2 Å². The van der Waals surface area contributed by atoms with Crippen LogP contribution in [0.1, 0.15) is 65.8 Å². The third-order valence-corrected chi connectivity index (χ3v) is 8.48. The Kier molecular flexibility index (Phi) is 8.19. The lowest BCUT2D eigenvalue weighted by atomic mass is 9.91. The summed E-state index contributed by atoms with van der Waals surface area (Å²) in [5.41, 5.74) is 1.88. The van der Waals surface area contributed by atoms with Gasteiger partial charge in [-0.25, -0.2) is 4.39 Å². The first kappa shape index (κ1) is 27.8. The Labute approximate surface area is 234 Å². The van der Waals surface area contributed by atoms with E-state index in [0.717, 1.165) is 30.6 Å². The average Bonchev–Trinajstić information content (AvgIpc) is 3.22. The molecule has 2 aromatic rings. The predicted molar refractivity (Wildman–Crippen MR) is 149 cm³/mol. The van der Waals surface area contributed by atoms with Crippen molar-refractivity contribution in [1.29, 1.82) is 0 Å². The molecule has 9 heteroatoms. The monoisotopic (exact) mass is 548 g/mol. The molecule has 0 N–H and O–H groups in total. The number of imide groups is 1. The van der Waals surface area contributed by atoms with E-state index in [0.29, 0.717) is 61.6 Å². The third-order valence-electron chi connectivity index (χ3n) is 8.48. The SMILES string of the molecule is CCN(CC)C(=O)[C@@H]1CCCN(C(=O)[C@H]2CCCN(c3cccc4c3C(=O)N(Cc3cccc(F)c3)C4=O)C2)C1. The first-order valence-electron chi connectivity index (χ1n) is 14.4. The number of halogens is 1. The van der Waals surface area contributed by atoms with Crippen LogP contribution in [0, 0.1) is 17.7 Å². The number of fused-ring (bicyclic) bond motifs is 1. The van der Waals surface area contributed by atoms with Gasteiger partial charge in [-0.15, -0.1) is 0 Å². The van der Waals surface area contributed by atoms with Gasteiger partial charge in [0.05, 0.1) is 35.2 Å². The Morgan fingerprint density at radius 2 is 1.65 bits per heavy atom. The molecule has 2 atom stereocenters. The van der Waals surface area contributed by atoms with E-state index in [4.69, 9.17) is 0 Å². The molecular weight excluding hydrogens is 511 g/mol. The summed E-state index contributed by atoms with van der Waals surface area (Å²) < 4.78 is 13.7. The van der Waals surface area contributed by atoms with Gasteiger partial charge >= 0.3 is 0 Å². The second-order valence-electron chi connectivity index (χ2n) is 10.9. The van der Waals surface area contributed by atoms with Gasteiger partial charge in [0.2, 0.25) is 11.8 Å². The van der Waals surface area contributed by atoms with Crippen LogP contribution in [0.25, 0.3) is 0 Å². The van der Waals surface area contributed by atoms with Crippen LogP contribution >= 0.6 is 0 Å². The number of carbonyl (C=O) groups excluding carboxylic acids is 4. The van der Waals surface area contributed by atoms with Crippen molar-refractivity contribution >= 4 is 29.3 Å². The molecule has 2 aromatic carbocycles. The van der Waals surface area contributed by atoms with Crippen molar-refractivity contribution in [3.63, 3.8) is 0 Å². The van der Waals surface area contributed by atoms with Gasteiger partial charge in [-0.3, -0.25) is 24.1 Å². The van der Waals surface area contributed by atoms with Crippen molar-refractivity contribution in [2.24, 2.45) is 11.8 Å². The average molecular weight is 549 g/mol. The molecule has 0 aliphatic carbocycles. The fourth-order valence-electron chi connectivity index (χ4n) is 6.37. The zero-order valence-corrected chi connectivity index (χ0v) is 23.3. The van der Waals surface area contributed by atoms with Crippen LogP contribution in [0.15, 0.2) is 42.5 Å². The lowest BCUT2D eigenvalue weighted by Crippen LogP contribution is -2.50. The van der Waals surface area contributed by atoms with Crippen molar-refractivity contribution in [2.75, 3.05) is 44.2 Å². The normalized spacial score (nSPS) is 21.0. The van der Waals surface area contributed by atoms with Crippen molar-refractivity contribution in [2.45, 2.75) is 46.1 Å². The van der Waals surface area contributed by atoms with E-state index in [2.05, 4.69) is 0 Å². The van der Waals surface area contributed by atoms with Crippen molar-refractivity contribution in [3.8, 4) is 0 Å². The molecule has 40 heavy (non-hydrogen) atoms. The number of rotatable bonds is 7. The van der Waals surface area contributed by atoms with Gasteiger partial charge in [-0.2, -0.15) is 0 Å². The van der Waals surface area contributed by atoms with Crippen LogP contribution in [0.3, 0.4) is 0 Å². The molecule has 0 saturated carbocycles. The molecule has 8 nitrogen and oxygen atoms in total. The van der Waals surface area contributed by atoms with E-state index in [1.54, 1.807) is 24.3 Å². The van der Waals surface area contributed by atoms with E-state index >= 15 is 0 Å². The number of piperidine rings is 2. The molecule has 5 rings (SSSR count). The van der Waals surface area contributed by atoms with Gasteiger partial charge in [0.15, 0.2) is 0 Å². The molecule has 0 bridgehead atoms. The molecular formula is C31H37FN4O4. The topological polar surface area (TPSA) is 81.2 Å². The summed E-state index contributed by atoms with van der Waals surface area (Å²) in [5, 5.41) is 0. The lowest BCUT2D eigenvalue weighted by Gasteiger charge is -2.39. The maximum atomic E-state index is 13.7. The van der Waals surface area contributed by atoms with E-state index in [1.807, 2.05) is 34.6 Å². The standard InChI is InChI=1S/C31H37FN4O4/c1-3-33(4-2)28(37)23-11-8-16-35(20-23)29(38)22-10-7-15-34(19-22)26-14-6-13-25-27(26)31(40)36(30(25)39)18-21-9-5-12-24(32)17-21/h5-6,9,12-14,17,22-23H,3-4,7-8,10-11,15-16,18-20H2,1-2H3/t22-,23+/m0/s1. The molecule has 3 heterocycles. The smallest absolute Gasteiger partial charge is 0.263 e. The number of anilines is 1. The summed E-state index contributed by atoms with van der Waals surface area (Å²) in [6, 6.07) is 11.2. The summed E-state index contributed by atoms with van der Waals surface area (Å²) in [6.07, 6.45) is 3.14. The van der Waals surface area contributed by atoms with Gasteiger partial charge in [-0.1, -0.05) is 18.2 Å². The van der Waals surface area contributed by atoms with Gasteiger partial charge in [-0.05, 0) is 69.4 Å². The summed E-state index contributed by atoms with van der Waals surface area (Å²) in [4.78, 5) is 60.2. The van der Waals surface area contributed by atoms with Gasteiger partial charge < -0.3 is 14.7 Å². The minimum absolute atomic E-state index is 0.00695. The highest BCUT2D eigenvalue weighted by Gasteiger charge is 2.40. The van der Waals surface area contributed by atoms with Crippen LogP contribution in [0.2, 0.25) is 0 Å². The lowest BCUT2D eigenvalue weighted by molar-refractivity contribution is -0.142. The summed E-state index contributed by atoms with van der Waals surface area (Å²) in [7, 11) is 0. The summed E-state index contributed by atoms with van der Waals surface area (Å²) in [6.45, 7) is 7.51. The Balaban J connectivity index is 1.31. The second-order valence-corrected chi connectivity index (χ2v) is 10.9. The largest absolute Gasteiger partial charge is 0.370 e. The molecule has 0 aromatic heterocycles. The van der Waals surface area contributed by atoms with Crippen LogP contribution in [0.4, 0.5) is 10.1 Å². The highest BCUT2D eigenvalue weighted by atomic mass is 19.1. The van der Waals surface area contributed by atoms with Crippen LogP contribution in [0.5, 0.6) is 0 Å². The van der Waals surface area contributed by atoms with Crippen LogP contribution < -0.4 is 4.90 Å². The highest BCUT2D eigenvalue weighted by molar-refractivity contribution is 6.23. The number of likely N-dealkylation sites (tertiary alicyclic amines) is 1. The van der Waals surface area contributed by atoms with Gasteiger partial charge in [0, 0.05) is 39.3 Å². The Morgan fingerprint density at radius 3 is 2.40 bits per heavy atom. The molecule has 3 aliphatic rings. The van der Waals surface area contributed by atoms with Crippen LogP contribution in [-0.2, 0) is 16.1 Å². The fraction of sp³-hybridized carbons (Fsp3) is 0.484. The third kappa shape index (κ3) is 5.33. The summed E-state index contributed by atoms with van der Waals surface area (Å²) in [5.74, 6) is -1.45. The minimum atomic E-state index is -0.420. The molecule has 212 valence electrons. The second kappa shape index (κ2) is 11.8. The van der Waals surface area contributed by atoms with E-state index in [9.17, 15) is 23.6 Å². The van der Waals surface area contributed by atoms with Crippen molar-refractivity contribution in [1.82, 2.24) is 14.7 Å². The first-order valence-corrected chi connectivity index (χ1v) is 14.4.